The first-order valence-electron chi connectivity index (χ1n) is 3.08. The molecule has 0 amide bonds. The molecular formula is C6H15O2P. The molecule has 2 nitrogen and oxygen atoms in total. The lowest BCUT2D eigenvalue weighted by Gasteiger charge is -2.18. The second-order valence-corrected chi connectivity index (χ2v) is 6.49. The van der Waals surface area contributed by atoms with Gasteiger partial charge in [-0.25, -0.2) is 0 Å². The third-order valence-electron chi connectivity index (χ3n) is 1.23. The second kappa shape index (κ2) is 2.85. The van der Waals surface area contributed by atoms with Gasteiger partial charge in [-0.05, 0) is 19.2 Å². The fraction of sp³-hybridized carbons (Fsp3) is 1.00. The van der Waals surface area contributed by atoms with Crippen molar-refractivity contribution in [2.24, 2.45) is 5.92 Å². The summed E-state index contributed by atoms with van der Waals surface area (Å²) in [5.74, 6) is -0.525. The molecule has 0 bridgehead atoms. The van der Waals surface area contributed by atoms with Gasteiger partial charge in [0, 0.05) is 0 Å². The predicted octanol–water partition coefficient (Wildman–Crippen LogP) is 1.58. The van der Waals surface area contributed by atoms with Crippen LogP contribution in [0, 0.1) is 5.92 Å². The van der Waals surface area contributed by atoms with Crippen LogP contribution in [-0.2, 0) is 4.57 Å². The highest BCUT2D eigenvalue weighted by atomic mass is 31.2. The zero-order chi connectivity index (χ0) is 7.65. The molecule has 3 heteroatoms. The Labute approximate surface area is 56.6 Å². The fourth-order valence-electron chi connectivity index (χ4n) is 0.718. The summed E-state index contributed by atoms with van der Waals surface area (Å²) in [6.07, 6.45) is 0. The Morgan fingerprint density at radius 2 is 1.67 bits per heavy atom. The lowest BCUT2D eigenvalue weighted by Crippen LogP contribution is -2.13. The molecule has 0 saturated heterocycles. The van der Waals surface area contributed by atoms with E-state index in [1.807, 2.05) is 13.8 Å². The van der Waals surface area contributed by atoms with Crippen LogP contribution < -0.4 is 0 Å². The lowest BCUT2D eigenvalue weighted by molar-refractivity contribution is 0.198. The van der Waals surface area contributed by atoms with Gasteiger partial charge < -0.3 is 9.67 Å². The van der Waals surface area contributed by atoms with Gasteiger partial charge in [0.05, 0.1) is 0 Å². The second-order valence-electron chi connectivity index (χ2n) is 3.09. The lowest BCUT2D eigenvalue weighted by atomic mass is 10.2. The van der Waals surface area contributed by atoms with Crippen LogP contribution in [-0.4, -0.2) is 24.3 Å². The first kappa shape index (κ1) is 9.19. The Morgan fingerprint density at radius 1 is 1.33 bits per heavy atom. The summed E-state index contributed by atoms with van der Waals surface area (Å²) in [5, 5.41) is 9.20. The van der Waals surface area contributed by atoms with Crippen molar-refractivity contribution < 1.29 is 9.67 Å². The van der Waals surface area contributed by atoms with Gasteiger partial charge in [0.1, 0.15) is 13.0 Å². The van der Waals surface area contributed by atoms with Crippen molar-refractivity contribution in [2.45, 2.75) is 19.7 Å². The fourth-order valence-corrected chi connectivity index (χ4v) is 2.15. The van der Waals surface area contributed by atoms with Crippen molar-refractivity contribution >= 4 is 7.14 Å². The van der Waals surface area contributed by atoms with Crippen molar-refractivity contribution in [3.63, 3.8) is 0 Å². The van der Waals surface area contributed by atoms with Gasteiger partial charge in [-0.3, -0.25) is 0 Å². The van der Waals surface area contributed by atoms with E-state index in [2.05, 4.69) is 0 Å². The van der Waals surface area contributed by atoms with Crippen LogP contribution in [0.25, 0.3) is 0 Å². The van der Waals surface area contributed by atoms with Gasteiger partial charge >= 0.3 is 0 Å². The average Bonchev–Trinajstić information content (AvgIpc) is 1.62. The SMILES string of the molecule is CC(C)C(O)P(C)(C)=O. The summed E-state index contributed by atoms with van der Waals surface area (Å²) in [6, 6.07) is 0. The molecule has 0 rings (SSSR count). The smallest absolute Gasteiger partial charge is 0.109 e. The zero-order valence-corrected chi connectivity index (χ0v) is 7.35. The van der Waals surface area contributed by atoms with Crippen molar-refractivity contribution in [1.82, 2.24) is 0 Å². The molecule has 56 valence electrons. The van der Waals surface area contributed by atoms with Crippen LogP contribution in [0.3, 0.4) is 0 Å². The largest absolute Gasteiger partial charge is 0.385 e. The number of rotatable bonds is 2. The molecule has 1 unspecified atom stereocenters. The normalized spacial score (nSPS) is 16.2. The molecule has 1 atom stereocenters. The van der Waals surface area contributed by atoms with Gasteiger partial charge in [-0.1, -0.05) is 13.8 Å². The highest BCUT2D eigenvalue weighted by molar-refractivity contribution is 7.62. The van der Waals surface area contributed by atoms with E-state index in [4.69, 9.17) is 0 Å². The van der Waals surface area contributed by atoms with E-state index >= 15 is 0 Å². The Balaban J connectivity index is 4.05. The highest BCUT2D eigenvalue weighted by Gasteiger charge is 2.22. The van der Waals surface area contributed by atoms with Gasteiger partial charge in [-0.2, -0.15) is 0 Å². The van der Waals surface area contributed by atoms with E-state index in [1.165, 1.54) is 0 Å². The minimum Gasteiger partial charge on any atom is -0.385 e. The zero-order valence-electron chi connectivity index (χ0n) is 6.46. The van der Waals surface area contributed by atoms with E-state index < -0.39 is 13.0 Å². The van der Waals surface area contributed by atoms with Crippen LogP contribution >= 0.6 is 7.14 Å². The molecule has 0 aliphatic heterocycles. The summed E-state index contributed by atoms with van der Waals surface area (Å²) in [5.41, 5.74) is 0. The molecule has 9 heavy (non-hydrogen) atoms. The monoisotopic (exact) mass is 150 g/mol. The summed E-state index contributed by atoms with van der Waals surface area (Å²) in [4.78, 5) is 0. The van der Waals surface area contributed by atoms with Gasteiger partial charge in [0.2, 0.25) is 0 Å². The van der Waals surface area contributed by atoms with Crippen LogP contribution in [0.4, 0.5) is 0 Å². The van der Waals surface area contributed by atoms with E-state index in [0.717, 1.165) is 0 Å². The summed E-state index contributed by atoms with van der Waals surface area (Å²) >= 11 is 0. The number of hydrogen-bond donors (Lipinski definition) is 1. The van der Waals surface area contributed by atoms with E-state index in [0.29, 0.717) is 0 Å². The van der Waals surface area contributed by atoms with E-state index in [-0.39, 0.29) is 5.92 Å². The molecular weight excluding hydrogens is 135 g/mol. The molecule has 0 saturated carbocycles. The molecule has 0 aliphatic carbocycles. The highest BCUT2D eigenvalue weighted by Crippen LogP contribution is 2.43. The van der Waals surface area contributed by atoms with E-state index in [1.54, 1.807) is 13.3 Å². The van der Waals surface area contributed by atoms with Crippen LogP contribution in [0.1, 0.15) is 13.8 Å². The predicted molar refractivity (Wildman–Crippen MR) is 40.3 cm³/mol. The van der Waals surface area contributed by atoms with Gasteiger partial charge in [0.25, 0.3) is 0 Å². The van der Waals surface area contributed by atoms with Crippen molar-refractivity contribution in [2.75, 3.05) is 13.3 Å². The molecule has 0 aliphatic rings. The first-order valence-corrected chi connectivity index (χ1v) is 5.75. The average molecular weight is 150 g/mol. The van der Waals surface area contributed by atoms with E-state index in [9.17, 15) is 9.67 Å². The Kier molecular flexibility index (Phi) is 2.91. The first-order chi connectivity index (χ1) is 3.85. The molecule has 1 N–H and O–H groups in total. The van der Waals surface area contributed by atoms with Crippen molar-refractivity contribution in [1.29, 1.82) is 0 Å². The van der Waals surface area contributed by atoms with Gasteiger partial charge in [-0.15, -0.1) is 0 Å². The number of aliphatic hydroxyl groups excluding tert-OH is 1. The molecule has 0 aromatic heterocycles. The number of hydrogen-bond acceptors (Lipinski definition) is 2. The van der Waals surface area contributed by atoms with Crippen molar-refractivity contribution in [3.05, 3.63) is 0 Å². The molecule has 0 heterocycles. The third kappa shape index (κ3) is 3.02. The topological polar surface area (TPSA) is 37.3 Å². The number of aliphatic hydroxyl groups is 1. The molecule has 0 radical (unpaired) electrons. The van der Waals surface area contributed by atoms with Gasteiger partial charge in [0.15, 0.2) is 0 Å². The van der Waals surface area contributed by atoms with Crippen molar-refractivity contribution in [3.8, 4) is 0 Å². The summed E-state index contributed by atoms with van der Waals surface area (Å²) < 4.78 is 11.1. The Bertz CT molecular complexity index is 125. The van der Waals surface area contributed by atoms with Crippen LogP contribution in [0.2, 0.25) is 0 Å². The molecule has 0 spiro atoms. The van der Waals surface area contributed by atoms with Crippen LogP contribution in [0.5, 0.6) is 0 Å². The van der Waals surface area contributed by atoms with Crippen LogP contribution in [0.15, 0.2) is 0 Å². The molecule has 0 fully saturated rings. The summed E-state index contributed by atoms with van der Waals surface area (Å²) in [6.45, 7) is 6.95. The third-order valence-corrected chi connectivity index (χ3v) is 3.10. The molecule has 0 aromatic rings. The minimum absolute atomic E-state index is 0.103. The minimum atomic E-state index is -2.26. The quantitative estimate of drug-likeness (QED) is 0.607. The Morgan fingerprint density at radius 3 is 1.67 bits per heavy atom. The Hall–Kier alpha value is 0.190. The maximum atomic E-state index is 11.1. The maximum absolute atomic E-state index is 11.1. The summed E-state index contributed by atoms with van der Waals surface area (Å²) in [7, 11) is -2.26. The molecule has 0 aromatic carbocycles. The standard InChI is InChI=1S/C6H15O2P/c1-5(2)6(7)9(3,4)8/h5-7H,1-4H3. The maximum Gasteiger partial charge on any atom is 0.109 e.